The van der Waals surface area contributed by atoms with Crippen LogP contribution in [-0.2, 0) is 4.79 Å². The number of amides is 1. The molecule has 200 valence electrons. The molecule has 0 bridgehead atoms. The minimum Gasteiger partial charge on any atom is -0.481 e. The van der Waals surface area contributed by atoms with Gasteiger partial charge in [0.1, 0.15) is 22.5 Å². The Bertz CT molecular complexity index is 1250. The summed E-state index contributed by atoms with van der Waals surface area (Å²) in [6, 6.07) is 5.88. The van der Waals surface area contributed by atoms with Gasteiger partial charge in [-0.3, -0.25) is 9.59 Å². The van der Waals surface area contributed by atoms with Crippen LogP contribution in [-0.4, -0.2) is 62.2 Å². The molecule has 4 rings (SSSR count). The van der Waals surface area contributed by atoms with Crippen molar-refractivity contribution < 1.29 is 23.5 Å². The van der Waals surface area contributed by atoms with Crippen LogP contribution in [0.1, 0.15) is 63.9 Å². The molecule has 0 aliphatic carbocycles. The van der Waals surface area contributed by atoms with Crippen LogP contribution in [0.3, 0.4) is 0 Å². The van der Waals surface area contributed by atoms with Gasteiger partial charge in [-0.15, -0.1) is 0 Å². The van der Waals surface area contributed by atoms with Crippen LogP contribution in [0.5, 0.6) is 0 Å². The molecule has 1 aliphatic heterocycles. The Kier molecular flexibility index (Phi) is 9.42. The van der Waals surface area contributed by atoms with Gasteiger partial charge in [0.2, 0.25) is 0 Å². The van der Waals surface area contributed by atoms with Gasteiger partial charge in [0.25, 0.3) is 11.9 Å². The van der Waals surface area contributed by atoms with Crippen molar-refractivity contribution in [3.63, 3.8) is 0 Å². The van der Waals surface area contributed by atoms with E-state index in [4.69, 9.17) is 21.5 Å². The summed E-state index contributed by atoms with van der Waals surface area (Å²) < 4.78 is 30.0. The summed E-state index contributed by atoms with van der Waals surface area (Å²) in [5.41, 5.74) is 1.41. The number of aliphatic carboxylic acids is 1. The number of aromatic nitrogens is 3. The highest BCUT2D eigenvalue weighted by Crippen LogP contribution is 2.30. The minimum atomic E-state index is -0.848. The van der Waals surface area contributed by atoms with Gasteiger partial charge in [-0.05, 0) is 51.7 Å². The van der Waals surface area contributed by atoms with E-state index in [0.717, 1.165) is 52.2 Å². The van der Waals surface area contributed by atoms with Crippen LogP contribution >= 0.6 is 11.6 Å². The maximum Gasteiger partial charge on any atom is 0.300 e. The van der Waals surface area contributed by atoms with Gasteiger partial charge in [0.05, 0.1) is 5.69 Å². The molecule has 0 unspecified atom stereocenters. The smallest absolute Gasteiger partial charge is 0.300 e. The number of fused-ring (bicyclic) bond motifs is 1. The summed E-state index contributed by atoms with van der Waals surface area (Å²) in [5, 5.41) is 11.5. The number of carboxylic acid groups (broad SMARTS) is 1. The summed E-state index contributed by atoms with van der Waals surface area (Å²) in [5.74, 6) is -1.94. The number of hydrogen-bond acceptors (Lipinski definition) is 5. The quantitative estimate of drug-likeness (QED) is 0.409. The molecule has 0 spiro atoms. The van der Waals surface area contributed by atoms with Crippen molar-refractivity contribution in [2.24, 2.45) is 0 Å². The Morgan fingerprint density at radius 1 is 1.11 bits per heavy atom. The van der Waals surface area contributed by atoms with E-state index < -0.39 is 22.6 Å². The fourth-order valence-corrected chi connectivity index (χ4v) is 4.37. The van der Waals surface area contributed by atoms with Gasteiger partial charge >= 0.3 is 0 Å². The molecule has 3 aromatic rings. The summed E-state index contributed by atoms with van der Waals surface area (Å²) in [6.07, 6.45) is 3.98. The zero-order chi connectivity index (χ0) is 27.3. The van der Waals surface area contributed by atoms with Crippen LogP contribution in [0.15, 0.2) is 24.3 Å². The summed E-state index contributed by atoms with van der Waals surface area (Å²) >= 11 is 5.67. The lowest BCUT2D eigenvalue weighted by atomic mass is 10.1. The topological polar surface area (TPSA) is 91.0 Å². The van der Waals surface area contributed by atoms with E-state index in [0.29, 0.717) is 22.9 Å². The highest BCUT2D eigenvalue weighted by Gasteiger charge is 2.24. The molecule has 3 heterocycles. The van der Waals surface area contributed by atoms with Crippen LogP contribution < -0.4 is 4.90 Å². The molecule has 37 heavy (non-hydrogen) atoms. The molecule has 1 fully saturated rings. The fourth-order valence-electron chi connectivity index (χ4n) is 4.26. The Morgan fingerprint density at radius 3 is 2.24 bits per heavy atom. The molecular formula is C26H32ClF2N5O3. The van der Waals surface area contributed by atoms with E-state index in [1.165, 1.54) is 12.1 Å². The largest absolute Gasteiger partial charge is 0.481 e. The van der Waals surface area contributed by atoms with E-state index in [2.05, 4.69) is 35.8 Å². The standard InChI is InChI=1S/C24H28ClF2N5O.C2H4O2/c1-4-8-31(15(2)3)22-14-19(16-11-17(26)23(25)18(27)12-16)28-21-13-20(29-32(21)22)24(33)30-9-6-5-7-10-30;1-2(3)4/h11-15H,4-10H2,1-3H3;1H3,(H,3,4). The third-order valence-electron chi connectivity index (χ3n) is 5.93. The molecule has 1 saturated heterocycles. The van der Waals surface area contributed by atoms with Crippen molar-refractivity contribution in [3.05, 3.63) is 46.6 Å². The van der Waals surface area contributed by atoms with Crippen molar-refractivity contribution >= 4 is 34.9 Å². The number of rotatable bonds is 6. The molecule has 11 heteroatoms. The molecule has 1 N–H and O–H groups in total. The van der Waals surface area contributed by atoms with Gasteiger partial charge < -0.3 is 14.9 Å². The van der Waals surface area contributed by atoms with E-state index in [1.807, 2.05) is 4.90 Å². The summed E-state index contributed by atoms with van der Waals surface area (Å²) in [6.45, 7) is 9.46. The normalized spacial score (nSPS) is 13.5. The monoisotopic (exact) mass is 535 g/mol. The number of hydrogen-bond donors (Lipinski definition) is 1. The highest BCUT2D eigenvalue weighted by atomic mass is 35.5. The molecule has 1 aromatic carbocycles. The van der Waals surface area contributed by atoms with Crippen LogP contribution in [0.4, 0.5) is 14.6 Å². The number of carbonyl (C=O) groups is 2. The van der Waals surface area contributed by atoms with Crippen molar-refractivity contribution in [1.82, 2.24) is 19.5 Å². The van der Waals surface area contributed by atoms with Crippen LogP contribution in [0.2, 0.25) is 5.02 Å². The number of carboxylic acids is 1. The first-order chi connectivity index (χ1) is 17.5. The molecule has 1 amide bonds. The molecule has 2 aromatic heterocycles. The molecular weight excluding hydrogens is 504 g/mol. The Morgan fingerprint density at radius 2 is 1.70 bits per heavy atom. The van der Waals surface area contributed by atoms with E-state index in [1.54, 1.807) is 16.6 Å². The minimum absolute atomic E-state index is 0.122. The van der Waals surface area contributed by atoms with Gasteiger partial charge in [-0.2, -0.15) is 9.61 Å². The van der Waals surface area contributed by atoms with Crippen molar-refractivity contribution in [2.45, 2.75) is 59.4 Å². The highest BCUT2D eigenvalue weighted by molar-refractivity contribution is 6.31. The number of likely N-dealkylation sites (tertiary alicyclic amines) is 1. The van der Waals surface area contributed by atoms with E-state index in [-0.39, 0.29) is 17.5 Å². The summed E-state index contributed by atoms with van der Waals surface area (Å²) in [4.78, 5) is 30.6. The molecule has 0 atom stereocenters. The Balaban J connectivity index is 0.000000886. The van der Waals surface area contributed by atoms with E-state index >= 15 is 0 Å². The Hall–Kier alpha value is -3.27. The van der Waals surface area contributed by atoms with E-state index in [9.17, 15) is 13.6 Å². The zero-order valence-electron chi connectivity index (χ0n) is 21.5. The number of anilines is 1. The predicted octanol–water partition coefficient (Wildman–Crippen LogP) is 5.67. The fraction of sp³-hybridized carbons (Fsp3) is 0.462. The second kappa shape index (κ2) is 12.3. The zero-order valence-corrected chi connectivity index (χ0v) is 22.2. The second-order valence-electron chi connectivity index (χ2n) is 9.21. The van der Waals surface area contributed by atoms with Crippen LogP contribution in [0, 0.1) is 11.6 Å². The third kappa shape index (κ3) is 6.74. The Labute approximate surface area is 219 Å². The summed E-state index contributed by atoms with van der Waals surface area (Å²) in [7, 11) is 0. The van der Waals surface area contributed by atoms with Crippen LogP contribution in [0.25, 0.3) is 16.9 Å². The third-order valence-corrected chi connectivity index (χ3v) is 6.29. The molecule has 0 radical (unpaired) electrons. The van der Waals surface area contributed by atoms with Crippen molar-refractivity contribution in [2.75, 3.05) is 24.5 Å². The second-order valence-corrected chi connectivity index (χ2v) is 9.59. The first-order valence-electron chi connectivity index (χ1n) is 12.3. The SMILES string of the molecule is CC(=O)O.CCCN(c1cc(-c2cc(F)c(Cl)c(F)c2)nc2cc(C(=O)N3CCCCC3)nn12)C(C)C. The van der Waals surface area contributed by atoms with Gasteiger partial charge in [0.15, 0.2) is 11.3 Å². The van der Waals surface area contributed by atoms with Gasteiger partial charge in [-0.1, -0.05) is 18.5 Å². The maximum atomic E-state index is 14.2. The van der Waals surface area contributed by atoms with Crippen molar-refractivity contribution in [1.29, 1.82) is 0 Å². The first kappa shape index (κ1) is 28.3. The lowest BCUT2D eigenvalue weighted by Crippen LogP contribution is -2.36. The number of piperidine rings is 1. The maximum absolute atomic E-state index is 14.2. The molecule has 1 aliphatic rings. The van der Waals surface area contributed by atoms with Crippen molar-refractivity contribution in [3.8, 4) is 11.3 Å². The molecule has 0 saturated carbocycles. The number of nitrogens with zero attached hydrogens (tertiary/aromatic N) is 5. The number of carbonyl (C=O) groups excluding carboxylic acids is 1. The lowest BCUT2D eigenvalue weighted by molar-refractivity contribution is -0.134. The average Bonchev–Trinajstić information content (AvgIpc) is 3.29. The van der Waals surface area contributed by atoms with Gasteiger partial charge in [0, 0.05) is 50.3 Å². The average molecular weight is 536 g/mol. The first-order valence-corrected chi connectivity index (χ1v) is 12.7. The predicted molar refractivity (Wildman–Crippen MR) is 139 cm³/mol. The van der Waals surface area contributed by atoms with Gasteiger partial charge in [-0.25, -0.2) is 13.8 Å². The lowest BCUT2D eigenvalue weighted by Gasteiger charge is -2.29. The molecule has 8 nitrogen and oxygen atoms in total. The number of halogens is 3. The number of benzene rings is 1.